The summed E-state index contributed by atoms with van der Waals surface area (Å²) in [5.74, 6) is -2.18. The van der Waals surface area contributed by atoms with Crippen LogP contribution in [0.15, 0.2) is 0 Å². The van der Waals surface area contributed by atoms with Crippen LogP contribution < -0.4 is 5.32 Å². The van der Waals surface area contributed by atoms with Crippen molar-refractivity contribution in [3.8, 4) is 0 Å². The Morgan fingerprint density at radius 3 is 2.73 bits per heavy atom. The molecule has 2 atom stereocenters. The maximum Gasteiger partial charge on any atom is 0.490 e. The Labute approximate surface area is 84.7 Å². The highest BCUT2D eigenvalue weighted by Gasteiger charge is 2.41. The number of rotatable bonds is 2. The van der Waals surface area contributed by atoms with Gasteiger partial charge in [-0.1, -0.05) is 0 Å². The van der Waals surface area contributed by atoms with Gasteiger partial charge in [-0.25, -0.2) is 4.79 Å². The van der Waals surface area contributed by atoms with E-state index < -0.39 is 18.2 Å². The summed E-state index contributed by atoms with van der Waals surface area (Å²) >= 11 is 0. The maximum atomic E-state index is 11.7. The molecule has 1 aliphatic rings. The van der Waals surface area contributed by atoms with E-state index in [1.54, 1.807) is 6.92 Å². The number of nitrogens with one attached hydrogen (secondary N) is 1. The third-order valence-electron chi connectivity index (χ3n) is 1.86. The van der Waals surface area contributed by atoms with Gasteiger partial charge < -0.3 is 14.8 Å². The summed E-state index contributed by atoms with van der Waals surface area (Å²) in [5.41, 5.74) is 0. The Hall–Kier alpha value is -0.820. The molecule has 0 radical (unpaired) electrons. The average molecular weight is 227 g/mol. The average Bonchev–Trinajstić information content (AvgIpc) is 2.12. The van der Waals surface area contributed by atoms with Crippen molar-refractivity contribution in [2.24, 2.45) is 0 Å². The van der Waals surface area contributed by atoms with E-state index in [1.807, 2.05) is 0 Å². The smallest absolute Gasteiger partial charge is 0.456 e. The van der Waals surface area contributed by atoms with Crippen LogP contribution in [0.2, 0.25) is 0 Å². The van der Waals surface area contributed by atoms with Gasteiger partial charge >= 0.3 is 12.1 Å². The zero-order valence-corrected chi connectivity index (χ0v) is 8.13. The van der Waals surface area contributed by atoms with E-state index >= 15 is 0 Å². The number of carbonyl (C=O) groups excluding carboxylic acids is 1. The monoisotopic (exact) mass is 227 g/mol. The zero-order valence-electron chi connectivity index (χ0n) is 8.13. The summed E-state index contributed by atoms with van der Waals surface area (Å²) in [6, 6.07) is 0. The van der Waals surface area contributed by atoms with Gasteiger partial charge in [0.05, 0.1) is 6.10 Å². The first-order valence-corrected chi connectivity index (χ1v) is 4.49. The van der Waals surface area contributed by atoms with E-state index in [2.05, 4.69) is 10.1 Å². The quantitative estimate of drug-likeness (QED) is 0.696. The van der Waals surface area contributed by atoms with Crippen molar-refractivity contribution in [2.45, 2.75) is 25.3 Å². The van der Waals surface area contributed by atoms with Crippen molar-refractivity contribution < 1.29 is 27.4 Å². The second kappa shape index (κ2) is 4.80. The zero-order chi connectivity index (χ0) is 11.5. The molecule has 1 fully saturated rings. The Bertz CT molecular complexity index is 232. The van der Waals surface area contributed by atoms with Crippen LogP contribution in [0.5, 0.6) is 0 Å². The van der Waals surface area contributed by atoms with Crippen LogP contribution in [0.4, 0.5) is 13.2 Å². The van der Waals surface area contributed by atoms with E-state index in [0.717, 1.165) is 0 Å². The number of carbonyl (C=O) groups is 1. The molecule has 1 heterocycles. The predicted molar refractivity (Wildman–Crippen MR) is 44.2 cm³/mol. The normalized spacial score (nSPS) is 27.5. The molecule has 0 aliphatic carbocycles. The van der Waals surface area contributed by atoms with Gasteiger partial charge in [0.2, 0.25) is 0 Å². The first-order chi connectivity index (χ1) is 6.89. The van der Waals surface area contributed by atoms with Gasteiger partial charge in [-0.05, 0) is 6.92 Å². The fourth-order valence-corrected chi connectivity index (χ4v) is 1.22. The molecule has 0 unspecified atom stereocenters. The molecule has 4 nitrogen and oxygen atoms in total. The van der Waals surface area contributed by atoms with Crippen LogP contribution in [0, 0.1) is 0 Å². The fraction of sp³-hybridized carbons (Fsp3) is 0.875. The number of halogens is 3. The highest BCUT2D eigenvalue weighted by Crippen LogP contribution is 2.17. The SMILES string of the molecule is C[C@@H]1CNC[C@H](COC(=O)C(F)(F)F)O1. The Balaban J connectivity index is 2.28. The molecule has 1 rings (SSSR count). The molecule has 7 heteroatoms. The lowest BCUT2D eigenvalue weighted by Gasteiger charge is -2.28. The fourth-order valence-electron chi connectivity index (χ4n) is 1.22. The number of hydrogen-bond acceptors (Lipinski definition) is 4. The molecule has 0 saturated carbocycles. The Morgan fingerprint density at radius 2 is 2.20 bits per heavy atom. The van der Waals surface area contributed by atoms with Crippen LogP contribution in [0.25, 0.3) is 0 Å². The number of ether oxygens (including phenoxy) is 2. The molecule has 1 aliphatic heterocycles. The third-order valence-corrected chi connectivity index (χ3v) is 1.86. The summed E-state index contributed by atoms with van der Waals surface area (Å²) in [5, 5.41) is 2.95. The van der Waals surface area contributed by atoms with E-state index in [9.17, 15) is 18.0 Å². The molecular formula is C8H12F3NO3. The third kappa shape index (κ3) is 4.05. The van der Waals surface area contributed by atoms with Crippen molar-refractivity contribution in [1.29, 1.82) is 0 Å². The number of morpholine rings is 1. The van der Waals surface area contributed by atoms with Crippen LogP contribution >= 0.6 is 0 Å². The Kier molecular flexibility index (Phi) is 3.92. The van der Waals surface area contributed by atoms with Crippen molar-refractivity contribution in [1.82, 2.24) is 5.32 Å². The van der Waals surface area contributed by atoms with Gasteiger partial charge in [-0.15, -0.1) is 0 Å². The predicted octanol–water partition coefficient (Wildman–Crippen LogP) is 0.469. The van der Waals surface area contributed by atoms with Gasteiger partial charge in [0.15, 0.2) is 0 Å². The first kappa shape index (κ1) is 12.3. The van der Waals surface area contributed by atoms with Gasteiger partial charge in [-0.3, -0.25) is 0 Å². The number of hydrogen-bond donors (Lipinski definition) is 1. The molecule has 15 heavy (non-hydrogen) atoms. The molecule has 0 aromatic rings. The second-order valence-electron chi connectivity index (χ2n) is 3.32. The van der Waals surface area contributed by atoms with Crippen molar-refractivity contribution in [3.05, 3.63) is 0 Å². The summed E-state index contributed by atoms with van der Waals surface area (Å²) in [4.78, 5) is 10.4. The van der Waals surface area contributed by atoms with Crippen LogP contribution in [-0.2, 0) is 14.3 Å². The molecule has 0 aromatic heterocycles. The summed E-state index contributed by atoms with van der Waals surface area (Å²) in [6.07, 6.45) is -5.54. The van der Waals surface area contributed by atoms with Gasteiger partial charge in [-0.2, -0.15) is 13.2 Å². The van der Waals surface area contributed by atoms with Crippen molar-refractivity contribution in [3.63, 3.8) is 0 Å². The number of esters is 1. The second-order valence-corrected chi connectivity index (χ2v) is 3.32. The lowest BCUT2D eigenvalue weighted by molar-refractivity contribution is -0.204. The minimum absolute atomic E-state index is 0.0895. The van der Waals surface area contributed by atoms with Crippen molar-refractivity contribution >= 4 is 5.97 Å². The van der Waals surface area contributed by atoms with E-state index in [4.69, 9.17) is 4.74 Å². The summed E-state index contributed by atoms with van der Waals surface area (Å²) < 4.78 is 44.6. The summed E-state index contributed by atoms with van der Waals surface area (Å²) in [7, 11) is 0. The van der Waals surface area contributed by atoms with Crippen molar-refractivity contribution in [2.75, 3.05) is 19.7 Å². The van der Waals surface area contributed by atoms with Crippen LogP contribution in [-0.4, -0.2) is 44.0 Å². The lowest BCUT2D eigenvalue weighted by atomic mass is 10.2. The maximum absolute atomic E-state index is 11.7. The highest BCUT2D eigenvalue weighted by molar-refractivity contribution is 5.75. The van der Waals surface area contributed by atoms with E-state index in [0.29, 0.717) is 13.1 Å². The highest BCUT2D eigenvalue weighted by atomic mass is 19.4. The van der Waals surface area contributed by atoms with E-state index in [1.165, 1.54) is 0 Å². The molecule has 1 saturated heterocycles. The first-order valence-electron chi connectivity index (χ1n) is 4.49. The minimum atomic E-state index is -4.94. The van der Waals surface area contributed by atoms with Gasteiger partial charge in [0.25, 0.3) is 0 Å². The van der Waals surface area contributed by atoms with E-state index in [-0.39, 0.29) is 12.7 Å². The largest absolute Gasteiger partial charge is 0.490 e. The number of alkyl halides is 3. The molecule has 88 valence electrons. The molecule has 1 N–H and O–H groups in total. The summed E-state index contributed by atoms with van der Waals surface area (Å²) in [6.45, 7) is 2.43. The standard InChI is InChI=1S/C8H12F3NO3/c1-5-2-12-3-6(15-5)4-14-7(13)8(9,10)11/h5-6,12H,2-4H2,1H3/t5-,6-/m1/s1. The van der Waals surface area contributed by atoms with Crippen LogP contribution in [0.3, 0.4) is 0 Å². The molecular weight excluding hydrogens is 215 g/mol. The lowest BCUT2D eigenvalue weighted by Crippen LogP contribution is -2.46. The molecule has 0 aromatic carbocycles. The molecule has 0 amide bonds. The van der Waals surface area contributed by atoms with Gasteiger partial charge in [0, 0.05) is 13.1 Å². The Morgan fingerprint density at radius 1 is 1.53 bits per heavy atom. The topological polar surface area (TPSA) is 47.6 Å². The molecule has 0 spiro atoms. The van der Waals surface area contributed by atoms with Crippen LogP contribution in [0.1, 0.15) is 6.92 Å². The minimum Gasteiger partial charge on any atom is -0.456 e. The van der Waals surface area contributed by atoms with Gasteiger partial charge in [0.1, 0.15) is 12.7 Å². The molecule has 0 bridgehead atoms.